The van der Waals surface area contributed by atoms with Gasteiger partial charge in [-0.2, -0.15) is 5.10 Å². The summed E-state index contributed by atoms with van der Waals surface area (Å²) in [5, 5.41) is 3.95. The summed E-state index contributed by atoms with van der Waals surface area (Å²) in [6.45, 7) is 14.6. The topological polar surface area (TPSA) is 80.6 Å². The van der Waals surface area contributed by atoms with Crippen LogP contribution in [0.4, 0.5) is 0 Å². The predicted octanol–water partition coefficient (Wildman–Crippen LogP) is 5.09. The first-order valence-corrected chi connectivity index (χ1v) is 10.1. The van der Waals surface area contributed by atoms with Crippen molar-refractivity contribution in [1.82, 2.24) is 10.4 Å². The minimum atomic E-state index is -0.410. The van der Waals surface area contributed by atoms with Gasteiger partial charge in [-0.05, 0) is 68.6 Å². The van der Waals surface area contributed by atoms with Crippen molar-refractivity contribution >= 4 is 17.4 Å². The molecule has 1 amide bonds. The maximum absolute atomic E-state index is 12.1. The van der Waals surface area contributed by atoms with Gasteiger partial charge in [-0.3, -0.25) is 14.6 Å². The second-order valence-electron chi connectivity index (χ2n) is 6.29. The second kappa shape index (κ2) is 19.6. The zero-order valence-corrected chi connectivity index (χ0v) is 20.0. The van der Waals surface area contributed by atoms with Crippen LogP contribution >= 0.6 is 0 Å². The quantitative estimate of drug-likeness (QED) is 0.351. The molecule has 0 spiro atoms. The molecule has 0 aliphatic rings. The van der Waals surface area contributed by atoms with Crippen LogP contribution in [0.15, 0.2) is 120 Å². The van der Waals surface area contributed by atoms with E-state index in [1.807, 2.05) is 24.3 Å². The smallest absolute Gasteiger partial charge is 0.289 e. The molecule has 0 atom stereocenters. The summed E-state index contributed by atoms with van der Waals surface area (Å²) >= 11 is 0. The lowest BCUT2D eigenvalue weighted by Crippen LogP contribution is -2.21. The van der Waals surface area contributed by atoms with Crippen molar-refractivity contribution in [2.75, 3.05) is 7.11 Å². The summed E-state index contributed by atoms with van der Waals surface area (Å²) in [4.78, 5) is 27.9. The standard InChI is InChI=1S/C18H19N3O3.C6H4.C5H4/c1-13(20-21-18(23)16-8-5-6-10-19-16)11-15(22)12-14-7-3-4-9-17(14)24-2;1-3-5-6-4-2;1-3-5-4-2/h3-10H,11-12H2,1-2H3,(H,21,23);1-2H2;1-2H2/b20-13+;;. The molecule has 35 heavy (non-hydrogen) atoms. The number of hydrogen-bond acceptors (Lipinski definition) is 5. The normalized spacial score (nSPS) is 8.57. The van der Waals surface area contributed by atoms with Gasteiger partial charge in [-0.25, -0.2) is 5.43 Å². The molecular weight excluding hydrogens is 438 g/mol. The van der Waals surface area contributed by atoms with E-state index in [2.05, 4.69) is 81.9 Å². The third-order valence-corrected chi connectivity index (χ3v) is 3.70. The number of nitrogens with zero attached hydrogens (tertiary/aromatic N) is 2. The van der Waals surface area contributed by atoms with Crippen LogP contribution in [0.25, 0.3) is 0 Å². The number of Topliss-reactive ketones (excluding diaryl/α,β-unsaturated/α-hetero) is 1. The molecule has 2 rings (SSSR count). The van der Waals surface area contributed by atoms with Crippen LogP contribution in [-0.2, 0) is 11.2 Å². The summed E-state index contributed by atoms with van der Waals surface area (Å²) < 4.78 is 5.23. The van der Waals surface area contributed by atoms with Crippen LogP contribution < -0.4 is 10.2 Å². The highest BCUT2D eigenvalue weighted by atomic mass is 16.5. The predicted molar refractivity (Wildman–Crippen MR) is 138 cm³/mol. The van der Waals surface area contributed by atoms with E-state index in [0.29, 0.717) is 11.5 Å². The fourth-order valence-electron chi connectivity index (χ4n) is 2.30. The number of ketones is 1. The highest BCUT2D eigenvalue weighted by Gasteiger charge is 2.10. The number of hydrogen-bond donors (Lipinski definition) is 1. The number of aromatic nitrogens is 1. The molecule has 0 aliphatic carbocycles. The van der Waals surface area contributed by atoms with E-state index in [0.717, 1.165) is 5.56 Å². The maximum Gasteiger partial charge on any atom is 0.289 e. The first-order valence-electron chi connectivity index (χ1n) is 10.1. The number of carbonyl (C=O) groups excluding carboxylic acids is 2. The van der Waals surface area contributed by atoms with Gasteiger partial charge in [0.25, 0.3) is 5.91 Å². The molecule has 6 nitrogen and oxygen atoms in total. The fourth-order valence-corrected chi connectivity index (χ4v) is 2.30. The number of benzene rings is 1. The number of nitrogens with one attached hydrogen (secondary N) is 1. The molecule has 0 saturated carbocycles. The Bertz CT molecular complexity index is 1240. The van der Waals surface area contributed by atoms with Gasteiger partial charge < -0.3 is 4.74 Å². The van der Waals surface area contributed by atoms with Gasteiger partial charge in [-0.1, -0.05) is 47.2 Å². The van der Waals surface area contributed by atoms with Crippen molar-refractivity contribution < 1.29 is 14.3 Å². The van der Waals surface area contributed by atoms with Crippen LogP contribution in [0.2, 0.25) is 0 Å². The number of ether oxygens (including phenoxy) is 1. The Hall–Kier alpha value is -5.08. The van der Waals surface area contributed by atoms with Gasteiger partial charge in [-0.15, -0.1) is 0 Å². The fraction of sp³-hybridized carbons (Fsp3) is 0.138. The molecule has 0 bridgehead atoms. The van der Waals surface area contributed by atoms with E-state index >= 15 is 0 Å². The summed E-state index contributed by atoms with van der Waals surface area (Å²) in [6.07, 6.45) is 1.94. The summed E-state index contributed by atoms with van der Waals surface area (Å²) in [7, 11) is 1.57. The number of methoxy groups -OCH3 is 1. The number of rotatable bonds is 7. The average molecular weight is 466 g/mol. The molecule has 6 heteroatoms. The van der Waals surface area contributed by atoms with E-state index in [1.54, 1.807) is 32.2 Å². The Morgan fingerprint density at radius 2 is 1.54 bits per heavy atom. The van der Waals surface area contributed by atoms with Crippen molar-refractivity contribution in [3.63, 3.8) is 0 Å². The molecule has 1 aromatic carbocycles. The van der Waals surface area contributed by atoms with Crippen molar-refractivity contribution in [2.24, 2.45) is 5.10 Å². The third-order valence-electron chi connectivity index (χ3n) is 3.70. The van der Waals surface area contributed by atoms with Gasteiger partial charge >= 0.3 is 0 Å². The highest BCUT2D eigenvalue weighted by Crippen LogP contribution is 2.18. The van der Waals surface area contributed by atoms with E-state index in [4.69, 9.17) is 4.74 Å². The summed E-state index contributed by atoms with van der Waals surface area (Å²) in [5.41, 5.74) is 20.6. The second-order valence-corrected chi connectivity index (χ2v) is 6.29. The molecular formula is C29H27N3O3. The largest absolute Gasteiger partial charge is 0.496 e. The summed E-state index contributed by atoms with van der Waals surface area (Å²) in [5.74, 6) is 0.267. The summed E-state index contributed by atoms with van der Waals surface area (Å²) in [6, 6.07) is 12.4. The molecule has 176 valence electrons. The monoisotopic (exact) mass is 465 g/mol. The van der Waals surface area contributed by atoms with E-state index in [9.17, 15) is 9.59 Å². The zero-order valence-electron chi connectivity index (χ0n) is 20.0. The molecule has 0 unspecified atom stereocenters. The van der Waals surface area contributed by atoms with Crippen molar-refractivity contribution in [3.05, 3.63) is 126 Å². The van der Waals surface area contributed by atoms with Crippen LogP contribution in [-0.4, -0.2) is 29.5 Å². The lowest BCUT2D eigenvalue weighted by atomic mass is 10.0. The Kier molecular flexibility index (Phi) is 16.7. The molecule has 0 aliphatic heterocycles. The van der Waals surface area contributed by atoms with E-state index in [1.165, 1.54) is 6.20 Å². The Morgan fingerprint density at radius 3 is 2.06 bits per heavy atom. The van der Waals surface area contributed by atoms with Crippen molar-refractivity contribution in [3.8, 4) is 5.75 Å². The molecule has 1 aromatic heterocycles. The van der Waals surface area contributed by atoms with Gasteiger partial charge in [0.15, 0.2) is 0 Å². The number of carbonyl (C=O) groups is 2. The lowest BCUT2D eigenvalue weighted by Gasteiger charge is -2.07. The zero-order chi connectivity index (χ0) is 26.3. The first-order chi connectivity index (χ1) is 16.9. The molecule has 0 saturated heterocycles. The molecule has 1 heterocycles. The van der Waals surface area contributed by atoms with Crippen molar-refractivity contribution in [1.29, 1.82) is 0 Å². The molecule has 1 N–H and O–H groups in total. The van der Waals surface area contributed by atoms with E-state index in [-0.39, 0.29) is 24.3 Å². The highest BCUT2D eigenvalue weighted by molar-refractivity contribution is 6.02. The maximum atomic E-state index is 12.1. The minimum Gasteiger partial charge on any atom is -0.496 e. The van der Waals surface area contributed by atoms with Crippen LogP contribution in [0, 0.1) is 0 Å². The minimum absolute atomic E-state index is 0.00663. The van der Waals surface area contributed by atoms with Gasteiger partial charge in [0.1, 0.15) is 17.2 Å². The van der Waals surface area contributed by atoms with Crippen LogP contribution in [0.5, 0.6) is 5.75 Å². The van der Waals surface area contributed by atoms with E-state index < -0.39 is 5.91 Å². The first kappa shape index (κ1) is 29.9. The molecule has 2 aromatic rings. The Morgan fingerprint density at radius 1 is 0.943 bits per heavy atom. The molecule has 0 radical (unpaired) electrons. The number of pyridine rings is 1. The number of para-hydroxylation sites is 1. The SMILES string of the molecule is C=C=C=C=C.C=C=C=C=C=C.COc1ccccc1CC(=O)C/C(C)=N/NC(=O)c1ccccn1. The van der Waals surface area contributed by atoms with Crippen LogP contribution in [0.1, 0.15) is 29.4 Å². The van der Waals surface area contributed by atoms with Crippen molar-refractivity contribution in [2.45, 2.75) is 19.8 Å². The van der Waals surface area contributed by atoms with Crippen LogP contribution in [0.3, 0.4) is 0 Å². The molecule has 0 fully saturated rings. The number of hydrazone groups is 1. The van der Waals surface area contributed by atoms with Gasteiger partial charge in [0.2, 0.25) is 0 Å². The Labute approximate surface area is 206 Å². The average Bonchev–Trinajstić information content (AvgIpc) is 2.88. The third kappa shape index (κ3) is 14.6. The van der Waals surface area contributed by atoms with Gasteiger partial charge in [0, 0.05) is 30.3 Å². The van der Waals surface area contributed by atoms with Gasteiger partial charge in [0.05, 0.1) is 7.11 Å². The Balaban J connectivity index is 0.000000877. The number of amides is 1. The lowest BCUT2D eigenvalue weighted by molar-refractivity contribution is -0.117.